The Kier molecular flexibility index (Phi) is 11.9. The maximum absolute atomic E-state index is 12.8. The van der Waals surface area contributed by atoms with Crippen molar-refractivity contribution in [1.82, 2.24) is 20.1 Å². The standard InChI is InChI=1S/C24H37N5O3S/c1-5-28(6-2)14-10-11-19(3)25-23(30)21-18-33-22(27-21)17-29(15-16-32-4)24(31)26-20-12-8-7-9-13-20/h7-9,12-13,18-19H,5-6,10-11,14-17H2,1-4H3,(H,25,30)(H,26,31). The van der Waals surface area contributed by atoms with Crippen molar-refractivity contribution in [3.63, 3.8) is 0 Å². The molecule has 1 atom stereocenters. The van der Waals surface area contributed by atoms with Crippen LogP contribution in [0.3, 0.4) is 0 Å². The predicted molar refractivity (Wildman–Crippen MR) is 134 cm³/mol. The molecule has 1 aromatic carbocycles. The molecule has 0 saturated carbocycles. The number of carbonyl (C=O) groups is 2. The van der Waals surface area contributed by atoms with E-state index in [1.807, 2.05) is 37.3 Å². The number of benzene rings is 1. The van der Waals surface area contributed by atoms with Gasteiger partial charge in [0.1, 0.15) is 10.7 Å². The van der Waals surface area contributed by atoms with Crippen molar-refractivity contribution in [3.8, 4) is 0 Å². The quantitative estimate of drug-likeness (QED) is 0.430. The van der Waals surface area contributed by atoms with Gasteiger partial charge in [0.25, 0.3) is 5.91 Å². The SMILES string of the molecule is CCN(CC)CCCC(C)NC(=O)c1csc(CN(CCOC)C(=O)Nc2ccccc2)n1. The molecule has 0 aliphatic carbocycles. The number of para-hydroxylation sites is 1. The number of nitrogens with one attached hydrogen (secondary N) is 2. The van der Waals surface area contributed by atoms with Gasteiger partial charge < -0.3 is 25.2 Å². The molecule has 1 aromatic heterocycles. The topological polar surface area (TPSA) is 86.8 Å². The van der Waals surface area contributed by atoms with Crippen LogP contribution in [-0.2, 0) is 11.3 Å². The van der Waals surface area contributed by atoms with Crippen molar-refractivity contribution < 1.29 is 14.3 Å². The van der Waals surface area contributed by atoms with Gasteiger partial charge in [-0.3, -0.25) is 4.79 Å². The average Bonchev–Trinajstić information content (AvgIpc) is 3.29. The first-order chi connectivity index (χ1) is 16.0. The maximum atomic E-state index is 12.8. The molecule has 2 N–H and O–H groups in total. The largest absolute Gasteiger partial charge is 0.383 e. The lowest BCUT2D eigenvalue weighted by atomic mass is 10.1. The molecule has 33 heavy (non-hydrogen) atoms. The highest BCUT2D eigenvalue weighted by Gasteiger charge is 2.18. The highest BCUT2D eigenvalue weighted by Crippen LogP contribution is 2.15. The van der Waals surface area contributed by atoms with Gasteiger partial charge in [-0.25, -0.2) is 9.78 Å². The van der Waals surface area contributed by atoms with E-state index in [2.05, 4.69) is 34.4 Å². The van der Waals surface area contributed by atoms with E-state index in [1.165, 1.54) is 11.3 Å². The second-order valence-corrected chi connectivity index (χ2v) is 8.82. The fraction of sp³-hybridized carbons (Fsp3) is 0.542. The van der Waals surface area contributed by atoms with Gasteiger partial charge in [0, 0.05) is 30.8 Å². The maximum Gasteiger partial charge on any atom is 0.322 e. The van der Waals surface area contributed by atoms with E-state index in [9.17, 15) is 9.59 Å². The van der Waals surface area contributed by atoms with E-state index in [0.717, 1.165) is 38.2 Å². The summed E-state index contributed by atoms with van der Waals surface area (Å²) in [6.07, 6.45) is 1.96. The highest BCUT2D eigenvalue weighted by atomic mass is 32.1. The summed E-state index contributed by atoms with van der Waals surface area (Å²) >= 11 is 1.38. The van der Waals surface area contributed by atoms with Crippen LogP contribution in [0, 0.1) is 0 Å². The van der Waals surface area contributed by atoms with Crippen molar-refractivity contribution in [2.24, 2.45) is 0 Å². The number of nitrogens with zero attached hydrogens (tertiary/aromatic N) is 3. The van der Waals surface area contributed by atoms with E-state index >= 15 is 0 Å². The first-order valence-corrected chi connectivity index (χ1v) is 12.4. The van der Waals surface area contributed by atoms with Crippen LogP contribution in [0.15, 0.2) is 35.7 Å². The number of anilines is 1. The monoisotopic (exact) mass is 475 g/mol. The third kappa shape index (κ3) is 9.49. The van der Waals surface area contributed by atoms with Gasteiger partial charge >= 0.3 is 6.03 Å². The lowest BCUT2D eigenvalue weighted by molar-refractivity contribution is 0.0932. The smallest absolute Gasteiger partial charge is 0.322 e. The van der Waals surface area contributed by atoms with Gasteiger partial charge in [0.15, 0.2) is 0 Å². The number of thiazole rings is 1. The molecule has 0 aliphatic rings. The van der Waals surface area contributed by atoms with Crippen molar-refractivity contribution >= 4 is 29.0 Å². The molecule has 0 bridgehead atoms. The van der Waals surface area contributed by atoms with Gasteiger partial charge in [-0.1, -0.05) is 32.0 Å². The second-order valence-electron chi connectivity index (χ2n) is 7.88. The molecule has 182 valence electrons. The van der Waals surface area contributed by atoms with Gasteiger partial charge in [-0.15, -0.1) is 11.3 Å². The molecule has 3 amide bonds. The molecule has 0 saturated heterocycles. The Bertz CT molecular complexity index is 842. The van der Waals surface area contributed by atoms with Crippen molar-refractivity contribution in [2.75, 3.05) is 45.2 Å². The highest BCUT2D eigenvalue weighted by molar-refractivity contribution is 7.09. The summed E-state index contributed by atoms with van der Waals surface area (Å²) in [4.78, 5) is 33.9. The molecule has 8 nitrogen and oxygen atoms in total. The lowest BCUT2D eigenvalue weighted by Crippen LogP contribution is -2.37. The summed E-state index contributed by atoms with van der Waals surface area (Å²) in [7, 11) is 1.60. The van der Waals surface area contributed by atoms with E-state index in [-0.39, 0.29) is 18.0 Å². The molecule has 2 rings (SSSR count). The third-order valence-corrected chi connectivity index (χ3v) is 6.21. The number of carbonyl (C=O) groups excluding carboxylic acids is 2. The molecule has 0 aliphatic heterocycles. The fourth-order valence-corrected chi connectivity index (χ4v) is 4.15. The molecular formula is C24H37N5O3S. The zero-order valence-electron chi connectivity index (χ0n) is 20.2. The molecule has 0 spiro atoms. The third-order valence-electron chi connectivity index (χ3n) is 5.37. The minimum Gasteiger partial charge on any atom is -0.383 e. The van der Waals surface area contributed by atoms with Gasteiger partial charge in [0.2, 0.25) is 0 Å². The van der Waals surface area contributed by atoms with Crippen LogP contribution in [0.2, 0.25) is 0 Å². The summed E-state index contributed by atoms with van der Waals surface area (Å²) < 4.78 is 5.15. The predicted octanol–water partition coefficient (Wildman–Crippen LogP) is 4.06. The van der Waals surface area contributed by atoms with Crippen LogP contribution in [0.4, 0.5) is 10.5 Å². The number of rotatable bonds is 14. The summed E-state index contributed by atoms with van der Waals surface area (Å²) in [6, 6.07) is 9.14. The molecule has 1 heterocycles. The molecule has 2 aromatic rings. The normalized spacial score (nSPS) is 11.9. The summed E-state index contributed by atoms with van der Waals surface area (Å²) in [6.45, 7) is 10.6. The number of ether oxygens (including phenoxy) is 1. The number of aromatic nitrogens is 1. The number of methoxy groups -OCH3 is 1. The number of hydrogen-bond acceptors (Lipinski definition) is 6. The van der Waals surface area contributed by atoms with Crippen molar-refractivity contribution in [1.29, 1.82) is 0 Å². The Balaban J connectivity index is 1.90. The van der Waals surface area contributed by atoms with E-state index in [4.69, 9.17) is 4.74 Å². The van der Waals surface area contributed by atoms with E-state index in [0.29, 0.717) is 30.4 Å². The van der Waals surface area contributed by atoms with Gasteiger partial charge in [-0.05, 0) is 51.5 Å². The zero-order chi connectivity index (χ0) is 24.1. The van der Waals surface area contributed by atoms with Crippen molar-refractivity contribution in [3.05, 3.63) is 46.4 Å². The van der Waals surface area contributed by atoms with Crippen LogP contribution in [0.25, 0.3) is 0 Å². The van der Waals surface area contributed by atoms with Crippen LogP contribution < -0.4 is 10.6 Å². The fourth-order valence-electron chi connectivity index (χ4n) is 3.36. The van der Waals surface area contributed by atoms with Crippen LogP contribution >= 0.6 is 11.3 Å². The second kappa shape index (κ2) is 14.6. The summed E-state index contributed by atoms with van der Waals surface area (Å²) in [5.41, 5.74) is 1.11. The Morgan fingerprint density at radius 3 is 2.55 bits per heavy atom. The number of urea groups is 1. The minimum absolute atomic E-state index is 0.0769. The first-order valence-electron chi connectivity index (χ1n) is 11.5. The van der Waals surface area contributed by atoms with Crippen molar-refractivity contribution in [2.45, 2.75) is 46.2 Å². The number of amides is 3. The Morgan fingerprint density at radius 2 is 1.88 bits per heavy atom. The van der Waals surface area contributed by atoms with E-state index < -0.39 is 0 Å². The molecule has 0 fully saturated rings. The zero-order valence-corrected chi connectivity index (χ0v) is 21.0. The van der Waals surface area contributed by atoms with Gasteiger partial charge in [0.05, 0.1) is 13.2 Å². The molecule has 9 heteroatoms. The Morgan fingerprint density at radius 1 is 1.15 bits per heavy atom. The Labute approximate surface area is 201 Å². The lowest BCUT2D eigenvalue weighted by Gasteiger charge is -2.21. The average molecular weight is 476 g/mol. The summed E-state index contributed by atoms with van der Waals surface area (Å²) in [5, 5.41) is 8.37. The molecular weight excluding hydrogens is 438 g/mol. The van der Waals surface area contributed by atoms with Crippen LogP contribution in [0.5, 0.6) is 0 Å². The minimum atomic E-state index is -0.235. The molecule has 0 radical (unpaired) electrons. The van der Waals surface area contributed by atoms with Crippen LogP contribution in [0.1, 0.15) is 49.1 Å². The first kappa shape index (κ1) is 26.8. The molecule has 1 unspecified atom stereocenters. The number of hydrogen-bond donors (Lipinski definition) is 2. The van der Waals surface area contributed by atoms with Crippen LogP contribution in [-0.4, -0.2) is 72.7 Å². The van der Waals surface area contributed by atoms with E-state index in [1.54, 1.807) is 17.4 Å². The Hall–Kier alpha value is -2.49. The van der Waals surface area contributed by atoms with Gasteiger partial charge in [-0.2, -0.15) is 0 Å². The summed E-state index contributed by atoms with van der Waals surface area (Å²) in [5.74, 6) is -0.176.